The molecule has 0 fully saturated rings. The number of nitrogens with zero attached hydrogens (tertiary/aromatic N) is 2. The molecule has 0 aliphatic carbocycles. The third-order valence-electron chi connectivity index (χ3n) is 4.77. The molecule has 3 aromatic rings. The van der Waals surface area contributed by atoms with Gasteiger partial charge in [0.05, 0.1) is 16.8 Å². The molecule has 0 N–H and O–H groups in total. The summed E-state index contributed by atoms with van der Waals surface area (Å²) in [5.74, 6) is 0.876. The van der Waals surface area contributed by atoms with Crippen LogP contribution in [0.25, 0.3) is 10.2 Å². The van der Waals surface area contributed by atoms with Gasteiger partial charge in [0.15, 0.2) is 16.3 Å². The number of amides is 1. The summed E-state index contributed by atoms with van der Waals surface area (Å²) in [7, 11) is 0. The van der Waals surface area contributed by atoms with Crippen LogP contribution in [0, 0.1) is 13.8 Å². The number of para-hydroxylation sites is 2. The number of ether oxygens (including phenoxy) is 3. The molecule has 1 amide bonds. The zero-order chi connectivity index (χ0) is 20.4. The molecule has 7 heteroatoms. The van der Waals surface area contributed by atoms with Gasteiger partial charge in [0, 0.05) is 13.2 Å². The first kappa shape index (κ1) is 19.7. The summed E-state index contributed by atoms with van der Waals surface area (Å²) in [4.78, 5) is 18.0. The lowest BCUT2D eigenvalue weighted by Crippen LogP contribution is -2.37. The summed E-state index contributed by atoms with van der Waals surface area (Å²) >= 11 is 1.52. The third kappa shape index (κ3) is 4.06. The van der Waals surface area contributed by atoms with Gasteiger partial charge in [-0.3, -0.25) is 4.79 Å². The van der Waals surface area contributed by atoms with E-state index in [-0.39, 0.29) is 12.5 Å². The van der Waals surface area contributed by atoms with Gasteiger partial charge in [0.1, 0.15) is 6.61 Å². The summed E-state index contributed by atoms with van der Waals surface area (Å²) < 4.78 is 20.2. The van der Waals surface area contributed by atoms with Gasteiger partial charge in [0.25, 0.3) is 5.91 Å². The third-order valence-corrected chi connectivity index (χ3v) is 6.00. The molecule has 0 spiro atoms. The van der Waals surface area contributed by atoms with E-state index in [4.69, 9.17) is 14.2 Å². The molecule has 2 aromatic carbocycles. The van der Waals surface area contributed by atoms with Crippen LogP contribution in [0.15, 0.2) is 41.4 Å². The average Bonchev–Trinajstić information content (AvgIpc) is 3.05. The summed E-state index contributed by atoms with van der Waals surface area (Å²) in [5.41, 5.74) is 3.43. The molecule has 0 saturated heterocycles. The number of carbonyl (C=O) groups is 1. The Bertz CT molecular complexity index is 1120. The minimum absolute atomic E-state index is 0.154. The number of aryl methyl sites for hydroxylation is 2. The number of hydrogen-bond donors (Lipinski definition) is 0. The summed E-state index contributed by atoms with van der Waals surface area (Å²) in [6, 6.07) is 11.6. The highest BCUT2D eigenvalue weighted by molar-refractivity contribution is 7.16. The molecule has 0 saturated carbocycles. The number of carbonyl (C=O) groups excluding carboxylic acids is 1. The molecular weight excluding hydrogens is 388 g/mol. The highest BCUT2D eigenvalue weighted by Gasteiger charge is 2.27. The molecule has 6 nitrogen and oxygen atoms in total. The molecule has 152 valence electrons. The molecule has 1 unspecified atom stereocenters. The summed E-state index contributed by atoms with van der Waals surface area (Å²) in [5, 5.41) is 0. The fourth-order valence-corrected chi connectivity index (χ4v) is 4.53. The number of rotatable bonds is 5. The van der Waals surface area contributed by atoms with Crippen molar-refractivity contribution in [1.29, 1.82) is 0 Å². The average molecular weight is 413 g/mol. The summed E-state index contributed by atoms with van der Waals surface area (Å²) in [6.07, 6.45) is -0.752. The largest absolute Gasteiger partial charge is 0.485 e. The second kappa shape index (κ2) is 8.39. The van der Waals surface area contributed by atoms with Crippen molar-refractivity contribution in [3.05, 3.63) is 52.3 Å². The number of fused-ring (bicyclic) bond motifs is 2. The Hall–Kier alpha value is -2.64. The fourth-order valence-electron chi connectivity index (χ4n) is 3.42. The number of hydrogen-bond acceptors (Lipinski definition) is 5. The van der Waals surface area contributed by atoms with Crippen molar-refractivity contribution in [3.8, 4) is 11.5 Å². The van der Waals surface area contributed by atoms with Gasteiger partial charge in [0.2, 0.25) is 6.10 Å². The maximum Gasteiger partial charge on any atom is 0.292 e. The Balaban J connectivity index is 1.70. The van der Waals surface area contributed by atoms with Crippen LogP contribution in [-0.4, -0.2) is 36.4 Å². The zero-order valence-corrected chi connectivity index (χ0v) is 17.6. The van der Waals surface area contributed by atoms with Crippen molar-refractivity contribution in [2.24, 2.45) is 4.99 Å². The Labute approximate surface area is 173 Å². The predicted molar refractivity (Wildman–Crippen MR) is 113 cm³/mol. The van der Waals surface area contributed by atoms with E-state index in [0.29, 0.717) is 36.1 Å². The van der Waals surface area contributed by atoms with Gasteiger partial charge in [-0.2, -0.15) is 4.99 Å². The van der Waals surface area contributed by atoms with Crippen molar-refractivity contribution >= 4 is 27.5 Å². The Morgan fingerprint density at radius 3 is 2.86 bits per heavy atom. The fraction of sp³-hybridized carbons (Fsp3) is 0.364. The maximum atomic E-state index is 12.9. The van der Waals surface area contributed by atoms with E-state index in [2.05, 4.69) is 35.5 Å². The minimum atomic E-state index is -0.752. The molecular formula is C22H24N2O4S. The number of thiazole rings is 1. The zero-order valence-electron chi connectivity index (χ0n) is 16.8. The van der Waals surface area contributed by atoms with E-state index >= 15 is 0 Å². The van der Waals surface area contributed by atoms with Crippen molar-refractivity contribution in [3.63, 3.8) is 0 Å². The Morgan fingerprint density at radius 2 is 2.07 bits per heavy atom. The minimum Gasteiger partial charge on any atom is -0.485 e. The highest BCUT2D eigenvalue weighted by atomic mass is 32.1. The van der Waals surface area contributed by atoms with Crippen LogP contribution >= 0.6 is 11.3 Å². The normalized spacial score (nSPS) is 16.4. The quantitative estimate of drug-likeness (QED) is 0.601. The maximum absolute atomic E-state index is 12.9. The molecule has 0 radical (unpaired) electrons. The van der Waals surface area contributed by atoms with Gasteiger partial charge in [-0.15, -0.1) is 0 Å². The first-order valence-electron chi connectivity index (χ1n) is 9.72. The van der Waals surface area contributed by atoms with Crippen LogP contribution < -0.4 is 14.3 Å². The second-order valence-corrected chi connectivity index (χ2v) is 7.96. The van der Waals surface area contributed by atoms with E-state index in [1.165, 1.54) is 22.5 Å². The molecule has 1 aliphatic heterocycles. The lowest BCUT2D eigenvalue weighted by Gasteiger charge is -2.23. The van der Waals surface area contributed by atoms with Crippen molar-refractivity contribution < 1.29 is 19.0 Å². The van der Waals surface area contributed by atoms with Crippen molar-refractivity contribution in [1.82, 2.24) is 4.57 Å². The first-order chi connectivity index (χ1) is 14.1. The van der Waals surface area contributed by atoms with E-state index in [1.54, 1.807) is 6.07 Å². The molecule has 1 aromatic heterocycles. The van der Waals surface area contributed by atoms with Gasteiger partial charge in [-0.1, -0.05) is 29.5 Å². The van der Waals surface area contributed by atoms with E-state index in [0.717, 1.165) is 10.2 Å². The highest BCUT2D eigenvalue weighted by Crippen LogP contribution is 2.31. The van der Waals surface area contributed by atoms with E-state index < -0.39 is 6.10 Å². The molecule has 29 heavy (non-hydrogen) atoms. The molecule has 1 aliphatic rings. The van der Waals surface area contributed by atoms with Crippen LogP contribution in [0.3, 0.4) is 0 Å². The van der Waals surface area contributed by atoms with Gasteiger partial charge in [-0.05, 0) is 50.1 Å². The predicted octanol–water partition coefficient (Wildman–Crippen LogP) is 3.62. The van der Waals surface area contributed by atoms with Crippen molar-refractivity contribution in [2.75, 3.05) is 19.8 Å². The molecule has 4 rings (SSSR count). The van der Waals surface area contributed by atoms with Crippen LogP contribution in [0.5, 0.6) is 11.5 Å². The van der Waals surface area contributed by atoms with Gasteiger partial charge >= 0.3 is 0 Å². The Kier molecular flexibility index (Phi) is 5.69. The number of benzene rings is 2. The topological polar surface area (TPSA) is 62.1 Å². The smallest absolute Gasteiger partial charge is 0.292 e. The monoisotopic (exact) mass is 412 g/mol. The number of aromatic nitrogens is 1. The van der Waals surface area contributed by atoms with Crippen LogP contribution in [0.1, 0.15) is 18.1 Å². The molecule has 0 bridgehead atoms. The summed E-state index contributed by atoms with van der Waals surface area (Å²) in [6.45, 7) is 8.13. The van der Waals surface area contributed by atoms with E-state index in [9.17, 15) is 4.79 Å². The molecule has 1 atom stereocenters. The second-order valence-electron chi connectivity index (χ2n) is 6.98. The lowest BCUT2D eigenvalue weighted by molar-refractivity contribution is -0.127. The lowest BCUT2D eigenvalue weighted by atomic mass is 10.1. The Morgan fingerprint density at radius 1 is 1.28 bits per heavy atom. The first-order valence-corrected chi connectivity index (χ1v) is 10.5. The van der Waals surface area contributed by atoms with Gasteiger partial charge < -0.3 is 18.8 Å². The van der Waals surface area contributed by atoms with Crippen LogP contribution in [-0.2, 0) is 16.1 Å². The standard InChI is InChI=1S/C22H24N2O4S/c1-4-26-10-9-24-16-12-14(2)11-15(3)20(16)29-22(24)23-21(25)19-13-27-17-7-5-6-8-18(17)28-19/h5-8,11-12,19H,4,9-10,13H2,1-3H3. The van der Waals surface area contributed by atoms with E-state index in [1.807, 2.05) is 25.1 Å². The van der Waals surface area contributed by atoms with Crippen LogP contribution in [0.2, 0.25) is 0 Å². The van der Waals surface area contributed by atoms with Crippen LogP contribution in [0.4, 0.5) is 0 Å². The SMILES string of the molecule is CCOCCn1c(=NC(=O)C2COc3ccccc3O2)sc2c(C)cc(C)cc21. The van der Waals surface area contributed by atoms with Gasteiger partial charge in [-0.25, -0.2) is 0 Å². The van der Waals surface area contributed by atoms with Crippen molar-refractivity contribution in [2.45, 2.75) is 33.4 Å². The molecule has 2 heterocycles.